The van der Waals surface area contributed by atoms with Crippen LogP contribution < -0.4 is 15.5 Å². The zero-order chi connectivity index (χ0) is 28.5. The normalized spacial score (nSPS) is 20.3. The molecule has 2 aromatic rings. The van der Waals surface area contributed by atoms with Gasteiger partial charge in [-0.3, -0.25) is 9.97 Å². The van der Waals surface area contributed by atoms with Crippen LogP contribution in [0.4, 0.5) is 14.9 Å². The standard InChI is InChI=1S/C13H19N3.C13H24N2O2.C5H4FN.CH4.ClH/c1-6-14-7-2-12(1)16-9-4-13(5-10-16)3-8-15-11-13;1-12(2,3)17-11(16)15-9-6-13(10-15)4-7-14-8-5-13;6-5-1-3-7-4-2-5;;/h1-2,6-7,15H,3-5,8-11H2;14H,4-10H2,1-3H3;1-4H;1H4;1H. The number of rotatable bonds is 1. The highest BCUT2D eigenvalue weighted by Crippen LogP contribution is 2.39. The van der Waals surface area contributed by atoms with Gasteiger partial charge in [-0.15, -0.1) is 12.4 Å². The van der Waals surface area contributed by atoms with Gasteiger partial charge in [0.25, 0.3) is 0 Å². The van der Waals surface area contributed by atoms with Crippen LogP contribution in [0.15, 0.2) is 49.1 Å². The number of nitrogens with zero attached hydrogens (tertiary/aromatic N) is 4. The molecule has 0 atom stereocenters. The number of amides is 1. The molecule has 0 aromatic carbocycles. The van der Waals surface area contributed by atoms with Crippen molar-refractivity contribution in [1.82, 2.24) is 25.5 Å². The molecule has 4 saturated heterocycles. The molecule has 10 heteroatoms. The molecule has 236 valence electrons. The van der Waals surface area contributed by atoms with Crippen LogP contribution in [0.25, 0.3) is 0 Å². The number of anilines is 1. The lowest BCUT2D eigenvalue weighted by molar-refractivity contribution is 0.0264. The molecule has 8 nitrogen and oxygen atoms in total. The average molecular weight is 607 g/mol. The topological polar surface area (TPSA) is 82.6 Å². The number of hydrogen-bond acceptors (Lipinski definition) is 7. The number of piperidine rings is 2. The first-order valence-electron chi connectivity index (χ1n) is 14.8. The Kier molecular flexibility index (Phi) is 13.9. The Morgan fingerprint density at radius 3 is 1.86 bits per heavy atom. The van der Waals surface area contributed by atoms with Gasteiger partial charge in [-0.2, -0.15) is 0 Å². The van der Waals surface area contributed by atoms with Gasteiger partial charge in [-0.25, -0.2) is 9.18 Å². The van der Waals surface area contributed by atoms with Gasteiger partial charge in [0, 0.05) is 63.2 Å². The SMILES string of the molecule is C.CC(C)(C)OC(=O)N1CCC2(CCNCC2)C1.Cl.Fc1ccncc1.c1cc(N2CCC3(CCNC3)CC2)ccn1. The zero-order valence-corrected chi connectivity index (χ0v) is 25.7. The average Bonchev–Trinajstić information content (AvgIpc) is 3.58. The van der Waals surface area contributed by atoms with Crippen molar-refractivity contribution < 1.29 is 13.9 Å². The molecule has 0 radical (unpaired) electrons. The van der Waals surface area contributed by atoms with Gasteiger partial charge < -0.3 is 25.2 Å². The van der Waals surface area contributed by atoms with Crippen LogP contribution in [0.2, 0.25) is 0 Å². The molecule has 4 fully saturated rings. The highest BCUT2D eigenvalue weighted by Gasteiger charge is 2.41. The summed E-state index contributed by atoms with van der Waals surface area (Å²) in [5.74, 6) is -0.241. The Hall–Kier alpha value is -2.49. The molecular weight excluding hydrogens is 555 g/mol. The first-order valence-corrected chi connectivity index (χ1v) is 14.8. The zero-order valence-electron chi connectivity index (χ0n) is 24.9. The number of likely N-dealkylation sites (tertiary alicyclic amines) is 1. The summed E-state index contributed by atoms with van der Waals surface area (Å²) < 4.78 is 17.3. The fourth-order valence-corrected chi connectivity index (χ4v) is 6.13. The summed E-state index contributed by atoms with van der Waals surface area (Å²) in [6.45, 7) is 14.5. The summed E-state index contributed by atoms with van der Waals surface area (Å²) in [5.41, 5.74) is 1.92. The van der Waals surface area contributed by atoms with Crippen LogP contribution in [0.5, 0.6) is 0 Å². The van der Waals surface area contributed by atoms with Gasteiger partial charge >= 0.3 is 6.09 Å². The molecule has 4 aliphatic rings. The van der Waals surface area contributed by atoms with Crippen molar-refractivity contribution in [3.8, 4) is 0 Å². The number of aromatic nitrogens is 2. The van der Waals surface area contributed by atoms with Crippen molar-refractivity contribution in [2.75, 3.05) is 57.3 Å². The quantitative estimate of drug-likeness (QED) is 0.416. The molecule has 2 aromatic heterocycles. The molecule has 2 spiro atoms. The van der Waals surface area contributed by atoms with Crippen molar-refractivity contribution in [3.63, 3.8) is 0 Å². The Balaban J connectivity index is 0.000000231. The Bertz CT molecular complexity index is 1030. The van der Waals surface area contributed by atoms with Gasteiger partial charge in [0.15, 0.2) is 0 Å². The molecule has 0 saturated carbocycles. The van der Waals surface area contributed by atoms with Crippen molar-refractivity contribution in [2.24, 2.45) is 10.8 Å². The number of carbonyl (C=O) groups excluding carboxylic acids is 1. The predicted octanol–water partition coefficient (Wildman–Crippen LogP) is 5.94. The monoisotopic (exact) mass is 606 g/mol. The molecule has 0 unspecified atom stereocenters. The fourth-order valence-electron chi connectivity index (χ4n) is 6.13. The van der Waals surface area contributed by atoms with E-state index in [9.17, 15) is 9.18 Å². The third-order valence-corrected chi connectivity index (χ3v) is 8.58. The van der Waals surface area contributed by atoms with E-state index < -0.39 is 0 Å². The Morgan fingerprint density at radius 2 is 1.36 bits per heavy atom. The van der Waals surface area contributed by atoms with E-state index in [1.807, 2.05) is 38.1 Å². The minimum Gasteiger partial charge on any atom is -0.444 e. The van der Waals surface area contributed by atoms with Crippen molar-refractivity contribution in [2.45, 2.75) is 72.3 Å². The highest BCUT2D eigenvalue weighted by molar-refractivity contribution is 5.85. The lowest BCUT2D eigenvalue weighted by Gasteiger charge is -2.40. The maximum atomic E-state index is 12.0. The van der Waals surface area contributed by atoms with Gasteiger partial charge in [-0.1, -0.05) is 7.43 Å². The third kappa shape index (κ3) is 10.7. The van der Waals surface area contributed by atoms with Gasteiger partial charge in [0.05, 0.1) is 0 Å². The van der Waals surface area contributed by atoms with E-state index in [-0.39, 0.29) is 37.3 Å². The van der Waals surface area contributed by atoms with Crippen LogP contribution in [0.3, 0.4) is 0 Å². The van der Waals surface area contributed by atoms with Crippen molar-refractivity contribution in [1.29, 1.82) is 0 Å². The van der Waals surface area contributed by atoms with Gasteiger partial charge in [0.2, 0.25) is 0 Å². The number of pyridine rings is 2. The first kappa shape index (κ1) is 35.7. The van der Waals surface area contributed by atoms with E-state index in [1.54, 1.807) is 0 Å². The molecule has 2 N–H and O–H groups in total. The Morgan fingerprint density at radius 1 is 0.833 bits per heavy atom. The molecule has 42 heavy (non-hydrogen) atoms. The molecular formula is C32H52ClFN6O2. The van der Waals surface area contributed by atoms with E-state index >= 15 is 0 Å². The predicted molar refractivity (Wildman–Crippen MR) is 171 cm³/mol. The maximum absolute atomic E-state index is 12.0. The molecule has 6 rings (SSSR count). The summed E-state index contributed by atoms with van der Waals surface area (Å²) in [6.07, 6.45) is 14.0. The number of nitrogens with one attached hydrogen (secondary N) is 2. The van der Waals surface area contributed by atoms with Crippen molar-refractivity contribution in [3.05, 3.63) is 54.9 Å². The summed E-state index contributed by atoms with van der Waals surface area (Å²) in [6, 6.07) is 6.84. The van der Waals surface area contributed by atoms with E-state index in [0.29, 0.717) is 10.8 Å². The summed E-state index contributed by atoms with van der Waals surface area (Å²) in [4.78, 5) is 24.0. The van der Waals surface area contributed by atoms with E-state index in [4.69, 9.17) is 4.74 Å². The fraction of sp³-hybridized carbons (Fsp3) is 0.656. The van der Waals surface area contributed by atoms with Crippen LogP contribution >= 0.6 is 12.4 Å². The maximum Gasteiger partial charge on any atom is 0.410 e. The second kappa shape index (κ2) is 16.4. The molecule has 0 aliphatic carbocycles. The van der Waals surface area contributed by atoms with E-state index in [0.717, 1.165) is 32.6 Å². The van der Waals surface area contributed by atoms with Crippen molar-refractivity contribution >= 4 is 24.2 Å². The van der Waals surface area contributed by atoms with Crippen LogP contribution in [-0.4, -0.2) is 78.9 Å². The number of ether oxygens (including phenoxy) is 1. The van der Waals surface area contributed by atoms with Crippen LogP contribution in [-0.2, 0) is 4.74 Å². The van der Waals surface area contributed by atoms with Crippen LogP contribution in [0.1, 0.15) is 66.7 Å². The highest BCUT2D eigenvalue weighted by atomic mass is 35.5. The lowest BCUT2D eigenvalue weighted by atomic mass is 9.78. The molecule has 1 amide bonds. The third-order valence-electron chi connectivity index (χ3n) is 8.58. The summed E-state index contributed by atoms with van der Waals surface area (Å²) in [7, 11) is 0. The number of hydrogen-bond donors (Lipinski definition) is 2. The lowest BCUT2D eigenvalue weighted by Crippen LogP contribution is -2.41. The molecule has 0 bridgehead atoms. The van der Waals surface area contributed by atoms with Gasteiger partial charge in [0.1, 0.15) is 11.4 Å². The minimum atomic E-state index is -0.388. The van der Waals surface area contributed by atoms with Gasteiger partial charge in [-0.05, 0) is 114 Å². The first-order chi connectivity index (χ1) is 19.2. The summed E-state index contributed by atoms with van der Waals surface area (Å²) in [5, 5.41) is 6.89. The minimum absolute atomic E-state index is 0. The van der Waals surface area contributed by atoms with Crippen LogP contribution in [0, 0.1) is 16.6 Å². The molecule has 4 aliphatic heterocycles. The summed E-state index contributed by atoms with van der Waals surface area (Å²) >= 11 is 0. The van der Waals surface area contributed by atoms with E-state index in [2.05, 4.69) is 37.6 Å². The van der Waals surface area contributed by atoms with E-state index in [1.165, 1.54) is 88.5 Å². The number of halogens is 2. The number of carbonyl (C=O) groups is 1. The second-order valence-corrected chi connectivity index (χ2v) is 12.7. The second-order valence-electron chi connectivity index (χ2n) is 12.7. The Labute approximate surface area is 258 Å². The molecule has 6 heterocycles. The smallest absolute Gasteiger partial charge is 0.410 e. The largest absolute Gasteiger partial charge is 0.444 e.